The molecule has 1 radical (unpaired) electrons. The van der Waals surface area contributed by atoms with Crippen LogP contribution in [0.4, 0.5) is 5.69 Å². The molecule has 2 aromatic rings. The molecule has 0 aliphatic carbocycles. The van der Waals surface area contributed by atoms with Crippen LogP contribution in [-0.2, 0) is 0 Å². The van der Waals surface area contributed by atoms with Gasteiger partial charge in [0, 0.05) is 19.8 Å². The minimum Gasteiger partial charge on any atom is -0.457 e. The lowest BCUT2D eigenvalue weighted by molar-refractivity contribution is 0.483. The zero-order valence-electron chi connectivity index (χ0n) is 9.26. The van der Waals surface area contributed by atoms with Gasteiger partial charge in [-0.05, 0) is 36.4 Å². The molecule has 2 rings (SSSR count). The molecule has 0 aromatic heterocycles. The van der Waals surface area contributed by atoms with Crippen molar-refractivity contribution < 1.29 is 4.74 Å². The number of rotatable bonds is 3. The quantitative estimate of drug-likeness (QED) is 0.769. The summed E-state index contributed by atoms with van der Waals surface area (Å²) < 4.78 is 5.67. The lowest BCUT2D eigenvalue weighted by Crippen LogP contribution is -2.04. The van der Waals surface area contributed by atoms with Gasteiger partial charge in [0.1, 0.15) is 11.5 Å². The summed E-state index contributed by atoms with van der Waals surface area (Å²) in [6.45, 7) is 0. The van der Waals surface area contributed by atoms with Crippen LogP contribution in [0.3, 0.4) is 0 Å². The standard InChI is InChI=1S/C14H14NO/c1-15(2)12-8-10-14(11-9-12)16-13-6-4-3-5-7-13/h3-11H,1H2,2H3. The van der Waals surface area contributed by atoms with E-state index in [1.165, 1.54) is 0 Å². The Kier molecular flexibility index (Phi) is 3.10. The predicted molar refractivity (Wildman–Crippen MR) is 66.7 cm³/mol. The Bertz CT molecular complexity index is 434. The molecule has 0 N–H and O–H groups in total. The van der Waals surface area contributed by atoms with Crippen LogP contribution < -0.4 is 9.64 Å². The summed E-state index contributed by atoms with van der Waals surface area (Å²) >= 11 is 0. The van der Waals surface area contributed by atoms with Crippen LogP contribution in [0.5, 0.6) is 11.5 Å². The SMILES string of the molecule is [CH2]N(C)c1ccc(Oc2ccccc2)cc1. The molecule has 0 bridgehead atoms. The Labute approximate surface area is 96.1 Å². The van der Waals surface area contributed by atoms with E-state index in [1.807, 2.05) is 66.5 Å². The summed E-state index contributed by atoms with van der Waals surface area (Å²) in [5, 5.41) is 0. The minimum atomic E-state index is 0.830. The average molecular weight is 212 g/mol. The molecule has 0 saturated heterocycles. The Balaban J connectivity index is 2.11. The molecule has 2 aromatic carbocycles. The van der Waals surface area contributed by atoms with E-state index in [2.05, 4.69) is 7.05 Å². The normalized spacial score (nSPS) is 9.88. The van der Waals surface area contributed by atoms with E-state index in [1.54, 1.807) is 0 Å². The molecule has 0 fully saturated rings. The highest BCUT2D eigenvalue weighted by atomic mass is 16.5. The number of hydrogen-bond acceptors (Lipinski definition) is 2. The molecule has 0 atom stereocenters. The number of ether oxygens (including phenoxy) is 1. The number of nitrogens with zero attached hydrogens (tertiary/aromatic N) is 1. The molecule has 0 heterocycles. The fraction of sp³-hybridized carbons (Fsp3) is 0.0714. The van der Waals surface area contributed by atoms with Crippen LogP contribution in [-0.4, -0.2) is 7.05 Å². The van der Waals surface area contributed by atoms with E-state index in [0.717, 1.165) is 17.2 Å². The first-order valence-corrected chi connectivity index (χ1v) is 5.13. The van der Waals surface area contributed by atoms with Crippen LogP contribution in [0.15, 0.2) is 54.6 Å². The molecule has 16 heavy (non-hydrogen) atoms. The van der Waals surface area contributed by atoms with Gasteiger partial charge < -0.3 is 9.64 Å². The molecular formula is C14H14NO. The van der Waals surface area contributed by atoms with Crippen LogP contribution >= 0.6 is 0 Å². The first-order chi connectivity index (χ1) is 7.75. The van der Waals surface area contributed by atoms with Gasteiger partial charge in [-0.15, -0.1) is 0 Å². The molecule has 0 aliphatic rings. The van der Waals surface area contributed by atoms with Gasteiger partial charge in [-0.2, -0.15) is 0 Å². The van der Waals surface area contributed by atoms with Crippen molar-refractivity contribution in [2.45, 2.75) is 0 Å². The van der Waals surface area contributed by atoms with Gasteiger partial charge in [0.05, 0.1) is 0 Å². The fourth-order valence-electron chi connectivity index (χ4n) is 1.39. The highest BCUT2D eigenvalue weighted by Gasteiger charge is 1.98. The molecule has 2 heteroatoms. The summed E-state index contributed by atoms with van der Waals surface area (Å²) in [4.78, 5) is 1.81. The number of benzene rings is 2. The number of para-hydroxylation sites is 1. The van der Waals surface area contributed by atoms with E-state index in [0.29, 0.717) is 0 Å². The monoisotopic (exact) mass is 212 g/mol. The molecule has 2 nitrogen and oxygen atoms in total. The smallest absolute Gasteiger partial charge is 0.127 e. The molecule has 0 unspecified atom stereocenters. The molecule has 0 amide bonds. The van der Waals surface area contributed by atoms with E-state index in [-0.39, 0.29) is 0 Å². The van der Waals surface area contributed by atoms with Crippen LogP contribution in [0.2, 0.25) is 0 Å². The Morgan fingerprint density at radius 3 is 2.00 bits per heavy atom. The third-order valence-electron chi connectivity index (χ3n) is 2.26. The molecule has 0 spiro atoms. The topological polar surface area (TPSA) is 12.5 Å². The maximum atomic E-state index is 5.67. The zero-order valence-corrected chi connectivity index (χ0v) is 9.26. The van der Waals surface area contributed by atoms with Gasteiger partial charge in [0.2, 0.25) is 0 Å². The van der Waals surface area contributed by atoms with Gasteiger partial charge in [-0.25, -0.2) is 0 Å². The van der Waals surface area contributed by atoms with Gasteiger partial charge in [-0.1, -0.05) is 18.2 Å². The second kappa shape index (κ2) is 4.71. The van der Waals surface area contributed by atoms with Crippen molar-refractivity contribution in [3.63, 3.8) is 0 Å². The van der Waals surface area contributed by atoms with Gasteiger partial charge in [0.25, 0.3) is 0 Å². The fourth-order valence-corrected chi connectivity index (χ4v) is 1.39. The maximum absolute atomic E-state index is 5.67. The van der Waals surface area contributed by atoms with E-state index in [9.17, 15) is 0 Å². The molecule has 81 valence electrons. The molecular weight excluding hydrogens is 198 g/mol. The van der Waals surface area contributed by atoms with Crippen molar-refractivity contribution in [3.05, 3.63) is 61.6 Å². The Hall–Kier alpha value is -1.96. The summed E-state index contributed by atoms with van der Waals surface area (Å²) in [5.41, 5.74) is 1.06. The van der Waals surface area contributed by atoms with Crippen molar-refractivity contribution in [1.29, 1.82) is 0 Å². The van der Waals surface area contributed by atoms with Crippen LogP contribution in [0.1, 0.15) is 0 Å². The van der Waals surface area contributed by atoms with Gasteiger partial charge in [-0.3, -0.25) is 0 Å². The first-order valence-electron chi connectivity index (χ1n) is 5.13. The van der Waals surface area contributed by atoms with Crippen molar-refractivity contribution in [1.82, 2.24) is 0 Å². The highest BCUT2D eigenvalue weighted by Crippen LogP contribution is 2.23. The van der Waals surface area contributed by atoms with E-state index >= 15 is 0 Å². The van der Waals surface area contributed by atoms with Crippen molar-refractivity contribution in [2.75, 3.05) is 11.9 Å². The van der Waals surface area contributed by atoms with Crippen molar-refractivity contribution in [2.24, 2.45) is 0 Å². The number of hydrogen-bond donors (Lipinski definition) is 0. The summed E-state index contributed by atoms with van der Waals surface area (Å²) in [5.74, 6) is 1.68. The van der Waals surface area contributed by atoms with E-state index in [4.69, 9.17) is 4.74 Å². The van der Waals surface area contributed by atoms with E-state index < -0.39 is 0 Å². The van der Waals surface area contributed by atoms with Gasteiger partial charge >= 0.3 is 0 Å². The lowest BCUT2D eigenvalue weighted by Gasteiger charge is -2.12. The van der Waals surface area contributed by atoms with Crippen molar-refractivity contribution in [3.8, 4) is 11.5 Å². The minimum absolute atomic E-state index is 0.830. The van der Waals surface area contributed by atoms with Crippen molar-refractivity contribution >= 4 is 5.69 Å². The lowest BCUT2D eigenvalue weighted by atomic mass is 10.3. The van der Waals surface area contributed by atoms with Crippen LogP contribution in [0, 0.1) is 7.05 Å². The molecule has 0 saturated carbocycles. The summed E-state index contributed by atoms with van der Waals surface area (Å²) in [6.07, 6.45) is 0. The second-order valence-corrected chi connectivity index (χ2v) is 3.61. The number of anilines is 1. The highest BCUT2D eigenvalue weighted by molar-refractivity contribution is 5.49. The third kappa shape index (κ3) is 2.54. The zero-order chi connectivity index (χ0) is 11.4. The second-order valence-electron chi connectivity index (χ2n) is 3.61. The average Bonchev–Trinajstić information content (AvgIpc) is 2.31. The largest absolute Gasteiger partial charge is 0.457 e. The third-order valence-corrected chi connectivity index (χ3v) is 2.26. The summed E-state index contributed by atoms with van der Waals surface area (Å²) in [6, 6.07) is 17.6. The summed E-state index contributed by atoms with van der Waals surface area (Å²) in [7, 11) is 5.72. The predicted octanol–water partition coefficient (Wildman–Crippen LogP) is 3.71. The molecule has 0 aliphatic heterocycles. The van der Waals surface area contributed by atoms with Crippen LogP contribution in [0.25, 0.3) is 0 Å². The Morgan fingerprint density at radius 1 is 0.875 bits per heavy atom. The van der Waals surface area contributed by atoms with Gasteiger partial charge in [0.15, 0.2) is 0 Å². The first kappa shape index (κ1) is 10.6. The Morgan fingerprint density at radius 2 is 1.44 bits per heavy atom. The maximum Gasteiger partial charge on any atom is 0.127 e.